The zero-order chi connectivity index (χ0) is 8.69. The molecule has 0 N–H and O–H groups in total. The quantitative estimate of drug-likeness (QED) is 0.446. The summed E-state index contributed by atoms with van der Waals surface area (Å²) < 4.78 is 9.04. The van der Waals surface area contributed by atoms with Crippen molar-refractivity contribution in [3.05, 3.63) is 0 Å². The highest BCUT2D eigenvalue weighted by molar-refractivity contribution is 5.91. The second-order valence-corrected chi connectivity index (χ2v) is 1.79. The van der Waals surface area contributed by atoms with E-state index in [9.17, 15) is 9.59 Å². The van der Waals surface area contributed by atoms with E-state index in [0.29, 0.717) is 0 Å². The third kappa shape index (κ3) is 5.39. The molecule has 0 saturated heterocycles. The molecule has 0 fully saturated rings. The Labute approximate surface area is 65.5 Å². The Morgan fingerprint density at radius 2 is 2.00 bits per heavy atom. The van der Waals surface area contributed by atoms with Gasteiger partial charge < -0.3 is 9.47 Å². The maximum atomic E-state index is 10.6. The van der Waals surface area contributed by atoms with Gasteiger partial charge in [-0.05, 0) is 13.8 Å². The highest BCUT2D eigenvalue weighted by Crippen LogP contribution is 1.89. The van der Waals surface area contributed by atoms with Crippen molar-refractivity contribution < 1.29 is 19.1 Å². The Bertz CT molecular complexity index is 125. The van der Waals surface area contributed by atoms with E-state index in [0.717, 1.165) is 0 Å². The molecular weight excluding hydrogens is 150 g/mol. The van der Waals surface area contributed by atoms with E-state index in [4.69, 9.17) is 0 Å². The van der Waals surface area contributed by atoms with Crippen LogP contribution in [0.2, 0.25) is 0 Å². The van der Waals surface area contributed by atoms with E-state index in [1.165, 1.54) is 0 Å². The SMILES string of the molecule is CCOC(=O)C[14C](=O)OCC. The molecule has 0 bridgehead atoms. The third-order valence-electron chi connectivity index (χ3n) is 0.899. The Morgan fingerprint density at radius 1 is 1.36 bits per heavy atom. The Morgan fingerprint density at radius 3 is 2.45 bits per heavy atom. The van der Waals surface area contributed by atoms with Crippen molar-refractivity contribution in [2.75, 3.05) is 13.2 Å². The molecule has 0 unspecified atom stereocenters. The predicted molar refractivity (Wildman–Crippen MR) is 37.9 cm³/mol. The molecule has 64 valence electrons. The standard InChI is InChI=1S/C7H12O4/c1-3-10-6(8)5-7(9)11-4-2/h3-5H2,1-2H3/i6+2. The average molecular weight is 162 g/mol. The van der Waals surface area contributed by atoms with Crippen molar-refractivity contribution >= 4 is 11.9 Å². The summed E-state index contributed by atoms with van der Waals surface area (Å²) in [6.45, 7) is 3.95. The predicted octanol–water partition coefficient (Wildman–Crippen LogP) is 0.503. The van der Waals surface area contributed by atoms with Crippen LogP contribution in [0.4, 0.5) is 0 Å². The third-order valence-corrected chi connectivity index (χ3v) is 0.899. The lowest BCUT2D eigenvalue weighted by atomic mass is 10.7. The van der Waals surface area contributed by atoms with E-state index in [1.54, 1.807) is 13.8 Å². The van der Waals surface area contributed by atoms with E-state index in [1.807, 2.05) is 0 Å². The fourth-order valence-corrected chi connectivity index (χ4v) is 0.542. The molecular formula is C7H12O4. The first kappa shape index (κ1) is 9.94. The van der Waals surface area contributed by atoms with Crippen molar-refractivity contribution in [1.82, 2.24) is 0 Å². The zero-order valence-electron chi connectivity index (χ0n) is 6.75. The molecule has 11 heavy (non-hydrogen) atoms. The van der Waals surface area contributed by atoms with Crippen molar-refractivity contribution in [3.63, 3.8) is 0 Å². The van der Waals surface area contributed by atoms with Crippen LogP contribution in [0.15, 0.2) is 0 Å². The Balaban J connectivity index is 3.49. The zero-order valence-corrected chi connectivity index (χ0v) is 6.75. The molecule has 0 amide bonds. The van der Waals surface area contributed by atoms with Gasteiger partial charge in [-0.25, -0.2) is 0 Å². The summed E-state index contributed by atoms with van der Waals surface area (Å²) in [6.07, 6.45) is -0.290. The molecule has 0 aromatic rings. The van der Waals surface area contributed by atoms with Gasteiger partial charge in [0.2, 0.25) is 0 Å². The van der Waals surface area contributed by atoms with E-state index < -0.39 is 11.9 Å². The number of ether oxygens (including phenoxy) is 2. The molecule has 0 atom stereocenters. The summed E-state index contributed by atoms with van der Waals surface area (Å²) in [5.74, 6) is -1.07. The number of rotatable bonds is 4. The lowest BCUT2D eigenvalue weighted by Crippen LogP contribution is -2.13. The smallest absolute Gasteiger partial charge is 0.317 e. The molecule has 0 spiro atoms. The van der Waals surface area contributed by atoms with E-state index in [-0.39, 0.29) is 19.6 Å². The first-order valence-corrected chi connectivity index (χ1v) is 3.52. The summed E-state index contributed by atoms with van der Waals surface area (Å²) in [6, 6.07) is 0. The molecule has 0 heterocycles. The molecule has 0 rings (SSSR count). The minimum Gasteiger partial charge on any atom is -0.466 e. The molecule has 0 aromatic heterocycles. The minimum absolute atomic E-state index is 0.290. The highest BCUT2D eigenvalue weighted by Gasteiger charge is 2.09. The summed E-state index contributed by atoms with van der Waals surface area (Å²) in [5, 5.41) is 0. The lowest BCUT2D eigenvalue weighted by molar-refractivity contribution is -0.153. The topological polar surface area (TPSA) is 52.6 Å². The van der Waals surface area contributed by atoms with Crippen LogP contribution < -0.4 is 0 Å². The highest BCUT2D eigenvalue weighted by atomic mass is 16.8. The van der Waals surface area contributed by atoms with Crippen LogP contribution in [0.1, 0.15) is 20.3 Å². The van der Waals surface area contributed by atoms with Crippen molar-refractivity contribution in [1.29, 1.82) is 0 Å². The van der Waals surface area contributed by atoms with Gasteiger partial charge in [0.05, 0.1) is 13.2 Å². The van der Waals surface area contributed by atoms with Crippen LogP contribution >= 0.6 is 0 Å². The summed E-state index contributed by atoms with van der Waals surface area (Å²) in [5.41, 5.74) is 0. The maximum Gasteiger partial charge on any atom is 0.317 e. The van der Waals surface area contributed by atoms with Crippen LogP contribution in [0.25, 0.3) is 0 Å². The molecule has 0 radical (unpaired) electrons. The molecule has 0 saturated carbocycles. The number of esters is 2. The molecule has 4 nitrogen and oxygen atoms in total. The number of hydrogen-bond acceptors (Lipinski definition) is 4. The fourth-order valence-electron chi connectivity index (χ4n) is 0.542. The molecule has 0 aliphatic heterocycles. The van der Waals surface area contributed by atoms with Gasteiger partial charge >= 0.3 is 11.9 Å². The Kier molecular flexibility index (Phi) is 5.15. The normalized spacial score (nSPS) is 8.91. The first-order valence-electron chi connectivity index (χ1n) is 3.52. The molecule has 0 aromatic carbocycles. The summed E-state index contributed by atoms with van der Waals surface area (Å²) >= 11 is 0. The Hall–Kier alpha value is -1.06. The van der Waals surface area contributed by atoms with Gasteiger partial charge in [-0.1, -0.05) is 0 Å². The van der Waals surface area contributed by atoms with Crippen LogP contribution in [0, 0.1) is 0 Å². The van der Waals surface area contributed by atoms with E-state index in [2.05, 4.69) is 9.47 Å². The average Bonchev–Trinajstić information content (AvgIpc) is 1.87. The van der Waals surface area contributed by atoms with Gasteiger partial charge in [0.1, 0.15) is 6.42 Å². The molecule has 4 heteroatoms. The first-order chi connectivity index (χ1) is 5.20. The maximum absolute atomic E-state index is 10.6. The van der Waals surface area contributed by atoms with Gasteiger partial charge in [0.25, 0.3) is 0 Å². The van der Waals surface area contributed by atoms with Crippen molar-refractivity contribution in [2.24, 2.45) is 0 Å². The van der Waals surface area contributed by atoms with Gasteiger partial charge in [-0.3, -0.25) is 9.59 Å². The largest absolute Gasteiger partial charge is 0.466 e. The minimum atomic E-state index is -0.536. The second kappa shape index (κ2) is 5.70. The molecule has 0 aliphatic rings. The van der Waals surface area contributed by atoms with Gasteiger partial charge in [0, 0.05) is 0 Å². The van der Waals surface area contributed by atoms with Gasteiger partial charge in [-0.15, -0.1) is 0 Å². The summed E-state index contributed by atoms with van der Waals surface area (Å²) in [7, 11) is 0. The van der Waals surface area contributed by atoms with Crippen molar-refractivity contribution in [2.45, 2.75) is 20.3 Å². The monoisotopic (exact) mass is 162 g/mol. The number of carbonyl (C=O) groups is 2. The number of hydrogen-bond donors (Lipinski definition) is 0. The van der Waals surface area contributed by atoms with Crippen LogP contribution in [0.5, 0.6) is 0 Å². The van der Waals surface area contributed by atoms with Crippen LogP contribution in [0.3, 0.4) is 0 Å². The fraction of sp³-hybridized carbons (Fsp3) is 0.714. The van der Waals surface area contributed by atoms with Crippen LogP contribution in [-0.2, 0) is 19.1 Å². The van der Waals surface area contributed by atoms with E-state index >= 15 is 0 Å². The lowest BCUT2D eigenvalue weighted by Gasteiger charge is -2.00. The van der Waals surface area contributed by atoms with Crippen LogP contribution in [-0.4, -0.2) is 25.2 Å². The molecule has 0 aliphatic carbocycles. The summed E-state index contributed by atoms with van der Waals surface area (Å²) in [4.78, 5) is 21.2. The number of carbonyl (C=O) groups excluding carboxylic acids is 2. The van der Waals surface area contributed by atoms with Gasteiger partial charge in [-0.2, -0.15) is 0 Å². The second-order valence-electron chi connectivity index (χ2n) is 1.79. The van der Waals surface area contributed by atoms with Gasteiger partial charge in [0.15, 0.2) is 0 Å². The van der Waals surface area contributed by atoms with Crippen molar-refractivity contribution in [3.8, 4) is 0 Å².